The highest BCUT2D eigenvalue weighted by Crippen LogP contribution is 2.33. The van der Waals surface area contributed by atoms with E-state index in [1.54, 1.807) is 12.5 Å². The Balaban J connectivity index is 1.92. The van der Waals surface area contributed by atoms with Crippen LogP contribution in [0.25, 0.3) is 0 Å². The van der Waals surface area contributed by atoms with Gasteiger partial charge in [0.2, 0.25) is 0 Å². The zero-order valence-corrected chi connectivity index (χ0v) is 9.80. The lowest BCUT2D eigenvalue weighted by Gasteiger charge is -2.24. The summed E-state index contributed by atoms with van der Waals surface area (Å²) in [6, 6.07) is 4.44. The van der Waals surface area contributed by atoms with Crippen LogP contribution in [-0.4, -0.2) is 26.7 Å². The van der Waals surface area contributed by atoms with Crippen molar-refractivity contribution in [1.29, 1.82) is 0 Å². The normalized spacial score (nSPS) is 19.8. The summed E-state index contributed by atoms with van der Waals surface area (Å²) in [6.07, 6.45) is 5.77. The fraction of sp³-hybridized carbons (Fsp3) is 0.417. The number of aromatic amines is 1. The van der Waals surface area contributed by atoms with E-state index in [0.29, 0.717) is 6.04 Å². The van der Waals surface area contributed by atoms with E-state index in [1.165, 1.54) is 12.1 Å². The van der Waals surface area contributed by atoms with E-state index in [1.807, 2.05) is 19.1 Å². The van der Waals surface area contributed by atoms with Crippen molar-refractivity contribution in [2.75, 3.05) is 11.4 Å². The highest BCUT2D eigenvalue weighted by molar-refractivity contribution is 5.43. The van der Waals surface area contributed by atoms with E-state index in [2.05, 4.69) is 25.1 Å². The van der Waals surface area contributed by atoms with Gasteiger partial charge in [-0.15, -0.1) is 0 Å². The molecule has 0 amide bonds. The van der Waals surface area contributed by atoms with Gasteiger partial charge in [0.05, 0.1) is 11.7 Å². The minimum atomic E-state index is 0.367. The van der Waals surface area contributed by atoms with Crippen LogP contribution in [0.4, 0.5) is 5.82 Å². The van der Waals surface area contributed by atoms with Crippen LogP contribution in [0.1, 0.15) is 30.3 Å². The first-order valence-corrected chi connectivity index (χ1v) is 5.89. The van der Waals surface area contributed by atoms with E-state index in [-0.39, 0.29) is 0 Å². The molecule has 1 aliphatic rings. The summed E-state index contributed by atoms with van der Waals surface area (Å²) in [5.41, 5.74) is 2.17. The number of hydrogen-bond donors (Lipinski definition) is 1. The van der Waals surface area contributed by atoms with Crippen LogP contribution in [0.2, 0.25) is 0 Å². The van der Waals surface area contributed by atoms with E-state index >= 15 is 0 Å². The summed E-state index contributed by atoms with van der Waals surface area (Å²) in [5.74, 6) is 1.01. The quantitative estimate of drug-likeness (QED) is 0.853. The fourth-order valence-corrected chi connectivity index (χ4v) is 2.41. The van der Waals surface area contributed by atoms with E-state index in [9.17, 15) is 0 Å². The van der Waals surface area contributed by atoms with Crippen molar-refractivity contribution in [1.82, 2.24) is 20.2 Å². The van der Waals surface area contributed by atoms with Crippen molar-refractivity contribution < 1.29 is 0 Å². The monoisotopic (exact) mass is 229 g/mol. The Morgan fingerprint density at radius 2 is 2.35 bits per heavy atom. The first-order chi connectivity index (χ1) is 8.34. The predicted octanol–water partition coefficient (Wildman–Crippen LogP) is 1.85. The minimum Gasteiger partial charge on any atom is -0.348 e. The van der Waals surface area contributed by atoms with Gasteiger partial charge in [-0.25, -0.2) is 9.97 Å². The van der Waals surface area contributed by atoms with Crippen LogP contribution in [0.15, 0.2) is 24.7 Å². The number of rotatable bonds is 2. The Bertz CT molecular complexity index is 493. The van der Waals surface area contributed by atoms with Crippen LogP contribution in [0.3, 0.4) is 0 Å². The van der Waals surface area contributed by atoms with Gasteiger partial charge in [-0.1, -0.05) is 0 Å². The predicted molar refractivity (Wildman–Crippen MR) is 64.7 cm³/mol. The molecule has 17 heavy (non-hydrogen) atoms. The molecule has 0 aromatic carbocycles. The third-order valence-corrected chi connectivity index (χ3v) is 3.22. The van der Waals surface area contributed by atoms with E-state index < -0.39 is 0 Å². The Morgan fingerprint density at radius 3 is 3.12 bits per heavy atom. The summed E-state index contributed by atoms with van der Waals surface area (Å²) >= 11 is 0. The molecule has 1 saturated heterocycles. The van der Waals surface area contributed by atoms with Gasteiger partial charge in [0, 0.05) is 24.5 Å². The molecule has 5 nitrogen and oxygen atoms in total. The second-order valence-electron chi connectivity index (χ2n) is 4.38. The molecule has 0 spiro atoms. The number of aromatic nitrogens is 4. The molecule has 0 unspecified atom stereocenters. The highest BCUT2D eigenvalue weighted by Gasteiger charge is 2.27. The van der Waals surface area contributed by atoms with Crippen molar-refractivity contribution >= 4 is 5.82 Å². The lowest BCUT2D eigenvalue weighted by Crippen LogP contribution is -2.24. The molecule has 3 rings (SSSR count). The largest absolute Gasteiger partial charge is 0.348 e. The van der Waals surface area contributed by atoms with Crippen molar-refractivity contribution in [3.8, 4) is 0 Å². The smallest absolute Gasteiger partial charge is 0.132 e. The molecule has 88 valence electrons. The second kappa shape index (κ2) is 4.16. The van der Waals surface area contributed by atoms with Crippen LogP contribution < -0.4 is 4.90 Å². The number of nitrogens with zero attached hydrogens (tertiary/aromatic N) is 4. The maximum Gasteiger partial charge on any atom is 0.132 e. The van der Waals surface area contributed by atoms with Gasteiger partial charge in [0.25, 0.3) is 0 Å². The SMILES string of the molecule is Cc1cc(N2CCC[C@H]2c2ccn[nH]2)ncn1. The summed E-state index contributed by atoms with van der Waals surface area (Å²) in [4.78, 5) is 10.8. The Morgan fingerprint density at radius 1 is 1.41 bits per heavy atom. The first kappa shape index (κ1) is 10.3. The standard InChI is InChI=1S/C12H15N5/c1-9-7-12(14-8-13-9)17-6-2-3-11(17)10-4-5-15-16-10/h4-5,7-8,11H,2-3,6H2,1H3,(H,15,16)/t11-/m0/s1. The maximum absolute atomic E-state index is 4.36. The molecular weight excluding hydrogens is 214 g/mol. The summed E-state index contributed by atoms with van der Waals surface area (Å²) in [6.45, 7) is 3.03. The van der Waals surface area contributed by atoms with E-state index in [4.69, 9.17) is 0 Å². The zero-order chi connectivity index (χ0) is 11.7. The number of H-pyrrole nitrogens is 1. The Kier molecular flexibility index (Phi) is 2.51. The van der Waals surface area contributed by atoms with Crippen LogP contribution in [0.5, 0.6) is 0 Å². The van der Waals surface area contributed by atoms with Crippen LogP contribution in [0, 0.1) is 6.92 Å². The first-order valence-electron chi connectivity index (χ1n) is 5.89. The second-order valence-corrected chi connectivity index (χ2v) is 4.38. The van der Waals surface area contributed by atoms with Gasteiger partial charge in [-0.2, -0.15) is 5.10 Å². The molecule has 0 bridgehead atoms. The highest BCUT2D eigenvalue weighted by atomic mass is 15.3. The van der Waals surface area contributed by atoms with Gasteiger partial charge in [-0.3, -0.25) is 5.10 Å². The molecule has 0 aliphatic carbocycles. The van der Waals surface area contributed by atoms with Crippen molar-refractivity contribution in [2.24, 2.45) is 0 Å². The molecule has 3 heterocycles. The van der Waals surface area contributed by atoms with Gasteiger partial charge in [0.15, 0.2) is 0 Å². The summed E-state index contributed by atoms with van der Waals surface area (Å²) < 4.78 is 0. The van der Waals surface area contributed by atoms with Gasteiger partial charge in [-0.05, 0) is 25.8 Å². The lowest BCUT2D eigenvalue weighted by molar-refractivity contribution is 0.682. The molecule has 2 aromatic rings. The molecule has 2 aromatic heterocycles. The molecular formula is C12H15N5. The number of aryl methyl sites for hydroxylation is 1. The molecule has 1 aliphatic heterocycles. The lowest BCUT2D eigenvalue weighted by atomic mass is 10.1. The van der Waals surface area contributed by atoms with Gasteiger partial charge < -0.3 is 4.90 Å². The number of anilines is 1. The van der Waals surface area contributed by atoms with Gasteiger partial charge in [0.1, 0.15) is 12.1 Å². The number of nitrogens with one attached hydrogen (secondary N) is 1. The van der Waals surface area contributed by atoms with Crippen LogP contribution in [-0.2, 0) is 0 Å². The summed E-state index contributed by atoms with van der Waals surface area (Å²) in [7, 11) is 0. The molecule has 1 fully saturated rings. The van der Waals surface area contributed by atoms with Crippen molar-refractivity contribution in [3.63, 3.8) is 0 Å². The Labute approximate surface area is 99.9 Å². The van der Waals surface area contributed by atoms with Crippen LogP contribution >= 0.6 is 0 Å². The molecule has 0 radical (unpaired) electrons. The Hall–Kier alpha value is -1.91. The van der Waals surface area contributed by atoms with E-state index in [0.717, 1.165) is 24.5 Å². The third kappa shape index (κ3) is 1.88. The molecule has 0 saturated carbocycles. The summed E-state index contributed by atoms with van der Waals surface area (Å²) in [5, 5.41) is 7.09. The van der Waals surface area contributed by atoms with Crippen molar-refractivity contribution in [2.45, 2.75) is 25.8 Å². The molecule has 5 heteroatoms. The molecule has 1 N–H and O–H groups in total. The third-order valence-electron chi connectivity index (χ3n) is 3.22. The zero-order valence-electron chi connectivity index (χ0n) is 9.80. The average molecular weight is 229 g/mol. The van der Waals surface area contributed by atoms with Crippen molar-refractivity contribution in [3.05, 3.63) is 36.0 Å². The topological polar surface area (TPSA) is 57.7 Å². The minimum absolute atomic E-state index is 0.367. The average Bonchev–Trinajstić information content (AvgIpc) is 3.00. The number of hydrogen-bond acceptors (Lipinski definition) is 4. The van der Waals surface area contributed by atoms with Gasteiger partial charge >= 0.3 is 0 Å². The maximum atomic E-state index is 4.36. The fourth-order valence-electron chi connectivity index (χ4n) is 2.41. The molecule has 1 atom stereocenters.